The molecule has 0 saturated carbocycles. The average Bonchev–Trinajstić information content (AvgIpc) is 2.15. The monoisotopic (exact) mass is 160 g/mol. The number of aromatic nitrogens is 1. The summed E-state index contributed by atoms with van der Waals surface area (Å²) in [5, 5.41) is 8.46. The summed E-state index contributed by atoms with van der Waals surface area (Å²) in [5.41, 5.74) is 0.529. The standard InChI is InChI=1S/C9H8N2O/c1-2-5-12-9-4-3-8(6-10)7-11-9/h2-4,7H,1,5H2. The zero-order valence-corrected chi connectivity index (χ0v) is 6.53. The van der Waals surface area contributed by atoms with Gasteiger partial charge in [0, 0.05) is 12.3 Å². The molecule has 0 N–H and O–H groups in total. The van der Waals surface area contributed by atoms with Crippen LogP contribution in [0.25, 0.3) is 0 Å². The molecule has 1 aromatic rings. The predicted octanol–water partition coefficient (Wildman–Crippen LogP) is 1.52. The second kappa shape index (κ2) is 4.14. The molecule has 3 nitrogen and oxygen atoms in total. The number of hydrogen-bond donors (Lipinski definition) is 0. The molecule has 3 heteroatoms. The molecule has 0 atom stereocenters. The fourth-order valence-electron chi connectivity index (χ4n) is 0.676. The predicted molar refractivity (Wildman–Crippen MR) is 44.6 cm³/mol. The fraction of sp³-hybridized carbons (Fsp3) is 0.111. The van der Waals surface area contributed by atoms with Gasteiger partial charge >= 0.3 is 0 Å². The minimum Gasteiger partial charge on any atom is -0.473 e. The Kier molecular flexibility index (Phi) is 2.86. The topological polar surface area (TPSA) is 45.9 Å². The Morgan fingerprint density at radius 1 is 1.67 bits per heavy atom. The Bertz CT molecular complexity index is 297. The third-order valence-corrected chi connectivity index (χ3v) is 1.21. The van der Waals surface area contributed by atoms with Crippen LogP contribution in [0.2, 0.25) is 0 Å². The number of nitriles is 1. The molecule has 1 aromatic heterocycles. The van der Waals surface area contributed by atoms with E-state index in [0.29, 0.717) is 18.1 Å². The third-order valence-electron chi connectivity index (χ3n) is 1.21. The highest BCUT2D eigenvalue weighted by Gasteiger charge is 1.93. The number of ether oxygens (including phenoxy) is 1. The summed E-state index contributed by atoms with van der Waals surface area (Å²) >= 11 is 0. The Labute approximate surface area is 70.9 Å². The molecule has 0 radical (unpaired) electrons. The first-order valence-electron chi connectivity index (χ1n) is 3.46. The molecule has 0 amide bonds. The van der Waals surface area contributed by atoms with Gasteiger partial charge in [-0.3, -0.25) is 0 Å². The smallest absolute Gasteiger partial charge is 0.213 e. The van der Waals surface area contributed by atoms with Gasteiger partial charge in [-0.1, -0.05) is 12.7 Å². The Hall–Kier alpha value is -1.82. The summed E-state index contributed by atoms with van der Waals surface area (Å²) in [6, 6.07) is 5.29. The fourth-order valence-corrected chi connectivity index (χ4v) is 0.676. The molecule has 0 aliphatic heterocycles. The molecule has 0 spiro atoms. The molecule has 0 unspecified atom stereocenters. The first-order chi connectivity index (χ1) is 5.86. The summed E-state index contributed by atoms with van der Waals surface area (Å²) in [6.45, 7) is 3.93. The van der Waals surface area contributed by atoms with Gasteiger partial charge in [-0.2, -0.15) is 5.26 Å². The second-order valence-electron chi connectivity index (χ2n) is 2.10. The number of hydrogen-bond acceptors (Lipinski definition) is 3. The van der Waals surface area contributed by atoms with Crippen LogP contribution in [-0.2, 0) is 0 Å². The summed E-state index contributed by atoms with van der Waals surface area (Å²) in [6.07, 6.45) is 3.11. The van der Waals surface area contributed by atoms with Crippen molar-refractivity contribution < 1.29 is 4.74 Å². The molecule has 0 fully saturated rings. The van der Waals surface area contributed by atoms with E-state index in [1.807, 2.05) is 6.07 Å². The summed E-state index contributed by atoms with van der Waals surface area (Å²) < 4.78 is 5.12. The average molecular weight is 160 g/mol. The van der Waals surface area contributed by atoms with Crippen molar-refractivity contribution >= 4 is 0 Å². The molecule has 0 bridgehead atoms. The molecule has 0 aliphatic rings. The number of pyridine rings is 1. The maximum Gasteiger partial charge on any atom is 0.213 e. The van der Waals surface area contributed by atoms with E-state index in [4.69, 9.17) is 10.00 Å². The van der Waals surface area contributed by atoms with Gasteiger partial charge in [0.1, 0.15) is 12.7 Å². The molecule has 0 aromatic carbocycles. The van der Waals surface area contributed by atoms with Gasteiger partial charge in [0.25, 0.3) is 0 Å². The molecular formula is C9H8N2O. The largest absolute Gasteiger partial charge is 0.473 e. The van der Waals surface area contributed by atoms with Crippen molar-refractivity contribution in [3.8, 4) is 11.9 Å². The van der Waals surface area contributed by atoms with Crippen LogP contribution in [0.15, 0.2) is 31.0 Å². The maximum atomic E-state index is 8.46. The SMILES string of the molecule is C=CCOc1ccc(C#N)cn1. The van der Waals surface area contributed by atoms with Crippen molar-refractivity contribution in [3.05, 3.63) is 36.5 Å². The Balaban J connectivity index is 2.66. The molecule has 1 rings (SSSR count). The van der Waals surface area contributed by atoms with E-state index in [1.54, 1.807) is 18.2 Å². The van der Waals surface area contributed by atoms with Gasteiger partial charge < -0.3 is 4.74 Å². The lowest BCUT2D eigenvalue weighted by molar-refractivity contribution is 0.348. The van der Waals surface area contributed by atoms with Crippen LogP contribution >= 0.6 is 0 Å². The van der Waals surface area contributed by atoms with Crippen LogP contribution in [0.3, 0.4) is 0 Å². The highest BCUT2D eigenvalue weighted by atomic mass is 16.5. The molecule has 12 heavy (non-hydrogen) atoms. The Morgan fingerprint density at radius 3 is 3.00 bits per heavy atom. The minimum absolute atomic E-state index is 0.429. The van der Waals surface area contributed by atoms with E-state index in [-0.39, 0.29) is 0 Å². The van der Waals surface area contributed by atoms with E-state index in [0.717, 1.165) is 0 Å². The van der Waals surface area contributed by atoms with E-state index >= 15 is 0 Å². The van der Waals surface area contributed by atoms with Crippen LogP contribution < -0.4 is 4.74 Å². The van der Waals surface area contributed by atoms with Crippen molar-refractivity contribution in [2.24, 2.45) is 0 Å². The lowest BCUT2D eigenvalue weighted by Crippen LogP contribution is -1.94. The van der Waals surface area contributed by atoms with Crippen LogP contribution in [-0.4, -0.2) is 11.6 Å². The summed E-state index contributed by atoms with van der Waals surface area (Å²) in [5.74, 6) is 0.508. The molecular weight excluding hydrogens is 152 g/mol. The van der Waals surface area contributed by atoms with Crippen molar-refractivity contribution in [2.45, 2.75) is 0 Å². The van der Waals surface area contributed by atoms with Gasteiger partial charge in [0.15, 0.2) is 0 Å². The van der Waals surface area contributed by atoms with E-state index in [1.165, 1.54) is 6.20 Å². The molecule has 0 aliphatic carbocycles. The van der Waals surface area contributed by atoms with Gasteiger partial charge in [-0.05, 0) is 6.07 Å². The van der Waals surface area contributed by atoms with E-state index in [2.05, 4.69) is 11.6 Å². The van der Waals surface area contributed by atoms with Crippen LogP contribution in [0.4, 0.5) is 0 Å². The second-order valence-corrected chi connectivity index (χ2v) is 2.10. The van der Waals surface area contributed by atoms with Gasteiger partial charge in [-0.15, -0.1) is 0 Å². The van der Waals surface area contributed by atoms with Gasteiger partial charge in [0.05, 0.1) is 5.56 Å². The van der Waals surface area contributed by atoms with Crippen molar-refractivity contribution in [2.75, 3.05) is 6.61 Å². The summed E-state index contributed by atoms with van der Waals surface area (Å²) in [4.78, 5) is 3.89. The van der Waals surface area contributed by atoms with Crippen LogP contribution in [0.5, 0.6) is 5.88 Å². The lowest BCUT2D eigenvalue weighted by Gasteiger charge is -1.99. The van der Waals surface area contributed by atoms with E-state index < -0.39 is 0 Å². The molecule has 0 saturated heterocycles. The number of nitrogens with zero attached hydrogens (tertiary/aromatic N) is 2. The molecule has 60 valence electrons. The molecule has 1 heterocycles. The maximum absolute atomic E-state index is 8.46. The lowest BCUT2D eigenvalue weighted by atomic mass is 10.3. The zero-order chi connectivity index (χ0) is 8.81. The number of rotatable bonds is 3. The zero-order valence-electron chi connectivity index (χ0n) is 6.53. The normalized spacial score (nSPS) is 8.58. The minimum atomic E-state index is 0.429. The third kappa shape index (κ3) is 2.10. The van der Waals surface area contributed by atoms with Crippen molar-refractivity contribution in [1.29, 1.82) is 5.26 Å². The van der Waals surface area contributed by atoms with Gasteiger partial charge in [-0.25, -0.2) is 4.98 Å². The van der Waals surface area contributed by atoms with Gasteiger partial charge in [0.2, 0.25) is 5.88 Å². The van der Waals surface area contributed by atoms with Crippen LogP contribution in [0, 0.1) is 11.3 Å². The van der Waals surface area contributed by atoms with Crippen molar-refractivity contribution in [3.63, 3.8) is 0 Å². The first-order valence-corrected chi connectivity index (χ1v) is 3.46. The van der Waals surface area contributed by atoms with Crippen molar-refractivity contribution in [1.82, 2.24) is 4.98 Å². The quantitative estimate of drug-likeness (QED) is 0.630. The summed E-state index contributed by atoms with van der Waals surface area (Å²) in [7, 11) is 0. The first kappa shape index (κ1) is 8.28. The Morgan fingerprint density at radius 2 is 2.50 bits per heavy atom. The highest BCUT2D eigenvalue weighted by molar-refractivity contribution is 5.28. The highest BCUT2D eigenvalue weighted by Crippen LogP contribution is 2.05. The van der Waals surface area contributed by atoms with Crippen LogP contribution in [0.1, 0.15) is 5.56 Å². The van der Waals surface area contributed by atoms with E-state index in [9.17, 15) is 0 Å².